The van der Waals surface area contributed by atoms with E-state index in [1.165, 1.54) is 11.1 Å². The molecule has 0 saturated carbocycles. The van der Waals surface area contributed by atoms with Crippen molar-refractivity contribution in [1.29, 1.82) is 0 Å². The van der Waals surface area contributed by atoms with Crippen molar-refractivity contribution in [3.63, 3.8) is 0 Å². The quantitative estimate of drug-likeness (QED) is 0.760. The van der Waals surface area contributed by atoms with Crippen LogP contribution in [0.15, 0.2) is 18.2 Å². The molecule has 1 aliphatic rings. The molecular weight excluding hydrogens is 252 g/mol. The van der Waals surface area contributed by atoms with Crippen LogP contribution >= 0.6 is 15.9 Å². The smallest absolute Gasteiger partial charge is 0.123 e. The number of hydrogen-bond acceptors (Lipinski definition) is 1. The molecule has 1 heterocycles. The van der Waals surface area contributed by atoms with Gasteiger partial charge < -0.3 is 4.74 Å². The Balaban J connectivity index is 2.03. The average Bonchev–Trinajstić information content (AvgIpc) is 2.59. The lowest BCUT2D eigenvalue weighted by molar-refractivity contribution is 0.203. The second-order valence-corrected chi connectivity index (χ2v) is 5.20. The van der Waals surface area contributed by atoms with E-state index in [1.54, 1.807) is 0 Å². The summed E-state index contributed by atoms with van der Waals surface area (Å²) in [7, 11) is 0. The Hall–Kier alpha value is -0.500. The van der Waals surface area contributed by atoms with Gasteiger partial charge in [-0.2, -0.15) is 0 Å². The van der Waals surface area contributed by atoms with Gasteiger partial charge >= 0.3 is 0 Å². The molecule has 1 aromatic rings. The van der Waals surface area contributed by atoms with E-state index in [0.29, 0.717) is 12.0 Å². The van der Waals surface area contributed by atoms with Crippen LogP contribution in [0.2, 0.25) is 0 Å². The van der Waals surface area contributed by atoms with Gasteiger partial charge in [0.25, 0.3) is 0 Å². The van der Waals surface area contributed by atoms with Gasteiger partial charge in [0.1, 0.15) is 11.9 Å². The van der Waals surface area contributed by atoms with Crippen molar-refractivity contribution in [2.45, 2.75) is 32.8 Å². The van der Waals surface area contributed by atoms with Gasteiger partial charge in [0.15, 0.2) is 0 Å². The molecule has 2 rings (SSSR count). The number of ether oxygens (including phenoxy) is 1. The molecule has 2 heteroatoms. The molecular formula is C13H17BrO. The van der Waals surface area contributed by atoms with E-state index in [1.807, 2.05) is 0 Å². The standard InChI is InChI=1S/C13H17BrO/c1-9-3-4-13-11(5-9)7-12(15-13)6-10(2)8-14/h3-5,10,12H,6-8H2,1-2H3. The third-order valence-corrected chi connectivity index (χ3v) is 3.99. The van der Waals surface area contributed by atoms with Gasteiger partial charge in [-0.1, -0.05) is 40.5 Å². The summed E-state index contributed by atoms with van der Waals surface area (Å²) in [5, 5.41) is 1.06. The number of hydrogen-bond donors (Lipinski definition) is 0. The van der Waals surface area contributed by atoms with Crippen molar-refractivity contribution < 1.29 is 4.74 Å². The monoisotopic (exact) mass is 268 g/mol. The van der Waals surface area contributed by atoms with Crippen LogP contribution in [0.25, 0.3) is 0 Å². The van der Waals surface area contributed by atoms with Crippen LogP contribution in [0.5, 0.6) is 5.75 Å². The molecule has 0 fully saturated rings. The Kier molecular flexibility index (Phi) is 3.35. The number of fused-ring (bicyclic) bond motifs is 1. The minimum Gasteiger partial charge on any atom is -0.490 e. The Morgan fingerprint density at radius 1 is 1.53 bits per heavy atom. The Bertz CT molecular complexity index is 348. The first kappa shape index (κ1) is 11.0. The van der Waals surface area contributed by atoms with Gasteiger partial charge in [0, 0.05) is 11.8 Å². The molecule has 1 aromatic carbocycles. The number of rotatable bonds is 3. The lowest BCUT2D eigenvalue weighted by atomic mass is 10.0. The number of alkyl halides is 1. The van der Waals surface area contributed by atoms with Crippen LogP contribution in [0.1, 0.15) is 24.5 Å². The molecule has 1 aliphatic heterocycles. The minimum atomic E-state index is 0.384. The molecule has 82 valence electrons. The van der Waals surface area contributed by atoms with Crippen molar-refractivity contribution in [2.24, 2.45) is 5.92 Å². The Labute approximate surface area is 100.0 Å². The van der Waals surface area contributed by atoms with Gasteiger partial charge in [-0.05, 0) is 30.9 Å². The van der Waals surface area contributed by atoms with E-state index >= 15 is 0 Å². The largest absolute Gasteiger partial charge is 0.490 e. The predicted molar refractivity (Wildman–Crippen MR) is 66.9 cm³/mol. The van der Waals surface area contributed by atoms with E-state index in [0.717, 1.165) is 23.9 Å². The molecule has 15 heavy (non-hydrogen) atoms. The maximum atomic E-state index is 5.91. The first-order valence-electron chi connectivity index (χ1n) is 5.51. The van der Waals surface area contributed by atoms with Crippen LogP contribution in [0.3, 0.4) is 0 Å². The summed E-state index contributed by atoms with van der Waals surface area (Å²) < 4.78 is 5.91. The first-order valence-corrected chi connectivity index (χ1v) is 6.63. The van der Waals surface area contributed by atoms with Crippen molar-refractivity contribution >= 4 is 15.9 Å². The zero-order valence-corrected chi connectivity index (χ0v) is 10.9. The van der Waals surface area contributed by atoms with Crippen LogP contribution in [-0.2, 0) is 6.42 Å². The van der Waals surface area contributed by atoms with Crippen molar-refractivity contribution in [2.75, 3.05) is 5.33 Å². The van der Waals surface area contributed by atoms with Gasteiger partial charge in [-0.3, -0.25) is 0 Å². The molecule has 2 atom stereocenters. The van der Waals surface area contributed by atoms with Gasteiger partial charge in [-0.15, -0.1) is 0 Å². The highest BCUT2D eigenvalue weighted by Crippen LogP contribution is 2.31. The zero-order valence-electron chi connectivity index (χ0n) is 9.29. The van der Waals surface area contributed by atoms with E-state index in [2.05, 4.69) is 48.0 Å². The molecule has 0 N–H and O–H groups in total. The second kappa shape index (κ2) is 4.56. The summed E-state index contributed by atoms with van der Waals surface area (Å²) in [5.41, 5.74) is 2.70. The average molecular weight is 269 g/mol. The van der Waals surface area contributed by atoms with Gasteiger partial charge in [0.05, 0.1) is 0 Å². The predicted octanol–water partition coefficient (Wildman–Crippen LogP) is 3.72. The molecule has 0 aliphatic carbocycles. The molecule has 0 amide bonds. The van der Waals surface area contributed by atoms with E-state index in [4.69, 9.17) is 4.74 Å². The maximum Gasteiger partial charge on any atom is 0.123 e. The minimum absolute atomic E-state index is 0.384. The van der Waals surface area contributed by atoms with E-state index in [-0.39, 0.29) is 0 Å². The van der Waals surface area contributed by atoms with E-state index in [9.17, 15) is 0 Å². The van der Waals surface area contributed by atoms with Crippen LogP contribution in [0, 0.1) is 12.8 Å². The molecule has 0 saturated heterocycles. The molecule has 1 nitrogen and oxygen atoms in total. The lowest BCUT2D eigenvalue weighted by Gasteiger charge is -2.14. The summed E-state index contributed by atoms with van der Waals surface area (Å²) in [4.78, 5) is 0. The topological polar surface area (TPSA) is 9.23 Å². The molecule has 0 radical (unpaired) electrons. The van der Waals surface area contributed by atoms with Gasteiger partial charge in [-0.25, -0.2) is 0 Å². The van der Waals surface area contributed by atoms with E-state index < -0.39 is 0 Å². The summed E-state index contributed by atoms with van der Waals surface area (Å²) >= 11 is 3.51. The third-order valence-electron chi connectivity index (χ3n) is 2.89. The zero-order chi connectivity index (χ0) is 10.8. The van der Waals surface area contributed by atoms with Crippen molar-refractivity contribution in [3.8, 4) is 5.75 Å². The fourth-order valence-corrected chi connectivity index (χ4v) is 2.36. The Morgan fingerprint density at radius 2 is 2.33 bits per heavy atom. The highest BCUT2D eigenvalue weighted by Gasteiger charge is 2.23. The summed E-state index contributed by atoms with van der Waals surface area (Å²) in [5.74, 6) is 1.78. The van der Waals surface area contributed by atoms with Crippen LogP contribution in [0.4, 0.5) is 0 Å². The molecule has 0 spiro atoms. The highest BCUT2D eigenvalue weighted by molar-refractivity contribution is 9.09. The fourth-order valence-electron chi connectivity index (χ4n) is 2.09. The van der Waals surface area contributed by atoms with Crippen molar-refractivity contribution in [3.05, 3.63) is 29.3 Å². The van der Waals surface area contributed by atoms with Gasteiger partial charge in [0.2, 0.25) is 0 Å². The highest BCUT2D eigenvalue weighted by atomic mass is 79.9. The normalized spacial score (nSPS) is 20.9. The lowest BCUT2D eigenvalue weighted by Crippen LogP contribution is -2.17. The molecule has 0 bridgehead atoms. The third kappa shape index (κ3) is 2.54. The number of aryl methyl sites for hydroxylation is 1. The summed E-state index contributed by atoms with van der Waals surface area (Å²) in [6.45, 7) is 4.39. The number of halogens is 1. The van der Waals surface area contributed by atoms with Crippen LogP contribution in [-0.4, -0.2) is 11.4 Å². The van der Waals surface area contributed by atoms with Crippen molar-refractivity contribution in [1.82, 2.24) is 0 Å². The van der Waals surface area contributed by atoms with Crippen LogP contribution < -0.4 is 4.74 Å². The first-order chi connectivity index (χ1) is 7.19. The molecule has 0 aromatic heterocycles. The summed E-state index contributed by atoms with van der Waals surface area (Å²) in [6, 6.07) is 6.47. The maximum absolute atomic E-state index is 5.91. The molecule has 2 unspecified atom stereocenters. The summed E-state index contributed by atoms with van der Waals surface area (Å²) in [6.07, 6.45) is 2.60. The Morgan fingerprint density at radius 3 is 3.07 bits per heavy atom. The number of benzene rings is 1. The second-order valence-electron chi connectivity index (χ2n) is 4.55. The fraction of sp³-hybridized carbons (Fsp3) is 0.538. The SMILES string of the molecule is Cc1ccc2c(c1)CC(CC(C)CBr)O2.